The minimum absolute atomic E-state index is 0.336. The topological polar surface area (TPSA) is 64.7 Å². The molecule has 1 unspecified atom stereocenters. The van der Waals surface area contributed by atoms with E-state index >= 15 is 0 Å². The summed E-state index contributed by atoms with van der Waals surface area (Å²) < 4.78 is 10.6. The minimum atomic E-state index is -0.986. The number of hydrogen-bond donors (Lipinski definition) is 2. The summed E-state index contributed by atoms with van der Waals surface area (Å²) in [4.78, 5) is 0. The van der Waals surface area contributed by atoms with E-state index in [2.05, 4.69) is 0 Å². The Morgan fingerprint density at radius 1 is 1.42 bits per heavy atom. The van der Waals surface area contributed by atoms with Gasteiger partial charge in [0, 0.05) is 25.2 Å². The second kappa shape index (κ2) is 5.49. The molecule has 2 rings (SSSR count). The van der Waals surface area contributed by atoms with Gasteiger partial charge in [-0.2, -0.15) is 0 Å². The largest absolute Gasteiger partial charge is 0.497 e. The Bertz CT molecular complexity index is 425. The second-order valence-electron chi connectivity index (χ2n) is 5.40. The standard InChI is InChI=1S/C15H23NO3/c1-14(17,12-4-3-5-13(10-12)18-2)15(11-16)6-8-19-9-7-15/h3-5,10,17H,6-9,11,16H2,1-2H3. The Morgan fingerprint density at radius 3 is 2.68 bits per heavy atom. The van der Waals surface area contributed by atoms with E-state index in [1.54, 1.807) is 7.11 Å². The first-order chi connectivity index (χ1) is 9.05. The van der Waals surface area contributed by atoms with Gasteiger partial charge in [-0.3, -0.25) is 0 Å². The summed E-state index contributed by atoms with van der Waals surface area (Å²) in [6.45, 7) is 3.59. The summed E-state index contributed by atoms with van der Waals surface area (Å²) in [6.07, 6.45) is 1.54. The minimum Gasteiger partial charge on any atom is -0.497 e. The Hall–Kier alpha value is -1.10. The molecule has 0 bridgehead atoms. The molecule has 1 atom stereocenters. The number of nitrogens with two attached hydrogens (primary N) is 1. The third-order valence-electron chi connectivity index (χ3n) is 4.51. The number of ether oxygens (including phenoxy) is 2. The molecule has 0 amide bonds. The predicted octanol–water partition coefficient (Wildman–Crippen LogP) is 1.66. The molecule has 1 aliphatic rings. The average Bonchev–Trinajstić information content (AvgIpc) is 2.47. The first-order valence-corrected chi connectivity index (χ1v) is 6.70. The summed E-state index contributed by atoms with van der Waals surface area (Å²) in [5.41, 5.74) is 5.51. The van der Waals surface area contributed by atoms with Crippen molar-refractivity contribution in [2.45, 2.75) is 25.4 Å². The summed E-state index contributed by atoms with van der Waals surface area (Å²) in [7, 11) is 1.63. The molecule has 106 valence electrons. The number of aliphatic hydroxyl groups is 1. The summed E-state index contributed by atoms with van der Waals surface area (Å²) in [6, 6.07) is 7.58. The van der Waals surface area contributed by atoms with Gasteiger partial charge in [-0.1, -0.05) is 12.1 Å². The van der Waals surface area contributed by atoms with Crippen LogP contribution in [0.25, 0.3) is 0 Å². The van der Waals surface area contributed by atoms with Crippen LogP contribution in [0.4, 0.5) is 0 Å². The third kappa shape index (κ3) is 2.48. The van der Waals surface area contributed by atoms with Crippen LogP contribution in [-0.2, 0) is 10.3 Å². The van der Waals surface area contributed by atoms with E-state index in [0.717, 1.165) is 24.2 Å². The average molecular weight is 265 g/mol. The van der Waals surface area contributed by atoms with Crippen LogP contribution in [0, 0.1) is 5.41 Å². The molecular formula is C15H23NO3. The third-order valence-corrected chi connectivity index (χ3v) is 4.51. The van der Waals surface area contributed by atoms with Crippen LogP contribution in [0.5, 0.6) is 5.75 Å². The molecular weight excluding hydrogens is 242 g/mol. The van der Waals surface area contributed by atoms with Gasteiger partial charge < -0.3 is 20.3 Å². The van der Waals surface area contributed by atoms with Crippen molar-refractivity contribution < 1.29 is 14.6 Å². The first-order valence-electron chi connectivity index (χ1n) is 6.70. The van der Waals surface area contributed by atoms with E-state index in [1.165, 1.54) is 0 Å². The SMILES string of the molecule is COc1cccc(C(C)(O)C2(CN)CCOCC2)c1. The fourth-order valence-electron chi connectivity index (χ4n) is 2.88. The predicted molar refractivity (Wildman–Crippen MR) is 74.1 cm³/mol. The van der Waals surface area contributed by atoms with E-state index in [9.17, 15) is 5.11 Å². The van der Waals surface area contributed by atoms with Crippen LogP contribution >= 0.6 is 0 Å². The fourth-order valence-corrected chi connectivity index (χ4v) is 2.88. The van der Waals surface area contributed by atoms with Gasteiger partial charge in [0.1, 0.15) is 5.75 Å². The number of benzene rings is 1. The molecule has 0 aliphatic carbocycles. The molecule has 0 saturated carbocycles. The maximum absolute atomic E-state index is 11.1. The molecule has 19 heavy (non-hydrogen) atoms. The van der Waals surface area contributed by atoms with E-state index in [-0.39, 0.29) is 5.41 Å². The molecule has 1 fully saturated rings. The Morgan fingerprint density at radius 2 is 2.11 bits per heavy atom. The lowest BCUT2D eigenvalue weighted by atomic mass is 9.65. The number of methoxy groups -OCH3 is 1. The van der Waals surface area contributed by atoms with Crippen molar-refractivity contribution in [2.75, 3.05) is 26.9 Å². The van der Waals surface area contributed by atoms with E-state index < -0.39 is 5.60 Å². The van der Waals surface area contributed by atoms with Crippen molar-refractivity contribution in [3.05, 3.63) is 29.8 Å². The first kappa shape index (κ1) is 14.3. The molecule has 4 heteroatoms. The maximum Gasteiger partial charge on any atom is 0.119 e. The van der Waals surface area contributed by atoms with Gasteiger partial charge in [-0.25, -0.2) is 0 Å². The monoisotopic (exact) mass is 265 g/mol. The molecule has 0 aromatic heterocycles. The number of hydrogen-bond acceptors (Lipinski definition) is 4. The van der Waals surface area contributed by atoms with E-state index in [4.69, 9.17) is 15.2 Å². The molecule has 3 N–H and O–H groups in total. The lowest BCUT2D eigenvalue weighted by Crippen LogP contribution is -2.51. The van der Waals surface area contributed by atoms with E-state index in [1.807, 2.05) is 31.2 Å². The van der Waals surface area contributed by atoms with Crippen molar-refractivity contribution in [3.63, 3.8) is 0 Å². The van der Waals surface area contributed by atoms with Crippen molar-refractivity contribution >= 4 is 0 Å². The summed E-state index contributed by atoms with van der Waals surface area (Å²) in [5, 5.41) is 11.1. The quantitative estimate of drug-likeness (QED) is 0.869. The zero-order valence-corrected chi connectivity index (χ0v) is 11.7. The van der Waals surface area contributed by atoms with Crippen LogP contribution in [0.2, 0.25) is 0 Å². The maximum atomic E-state index is 11.1. The molecule has 4 nitrogen and oxygen atoms in total. The highest BCUT2D eigenvalue weighted by molar-refractivity contribution is 5.33. The highest BCUT2D eigenvalue weighted by atomic mass is 16.5. The normalized spacial score (nSPS) is 21.7. The molecule has 1 aromatic rings. The van der Waals surface area contributed by atoms with Gasteiger partial charge in [-0.15, -0.1) is 0 Å². The molecule has 0 spiro atoms. The Kier molecular flexibility index (Phi) is 4.13. The molecule has 1 aromatic carbocycles. The van der Waals surface area contributed by atoms with Gasteiger partial charge in [0.25, 0.3) is 0 Å². The van der Waals surface area contributed by atoms with E-state index in [0.29, 0.717) is 19.8 Å². The van der Waals surface area contributed by atoms with Crippen molar-refractivity contribution in [1.82, 2.24) is 0 Å². The van der Waals surface area contributed by atoms with Crippen LogP contribution < -0.4 is 10.5 Å². The van der Waals surface area contributed by atoms with Crippen molar-refractivity contribution in [3.8, 4) is 5.75 Å². The van der Waals surface area contributed by atoms with Crippen LogP contribution in [0.15, 0.2) is 24.3 Å². The van der Waals surface area contributed by atoms with Gasteiger partial charge in [0.2, 0.25) is 0 Å². The van der Waals surface area contributed by atoms with Crippen molar-refractivity contribution in [1.29, 1.82) is 0 Å². The smallest absolute Gasteiger partial charge is 0.119 e. The van der Waals surface area contributed by atoms with Gasteiger partial charge in [0.05, 0.1) is 12.7 Å². The van der Waals surface area contributed by atoms with Crippen LogP contribution in [-0.4, -0.2) is 32.0 Å². The molecule has 0 radical (unpaired) electrons. The van der Waals surface area contributed by atoms with Gasteiger partial charge in [-0.05, 0) is 37.5 Å². The lowest BCUT2D eigenvalue weighted by molar-refractivity contribution is -0.124. The van der Waals surface area contributed by atoms with Crippen molar-refractivity contribution in [2.24, 2.45) is 11.1 Å². The Labute approximate surface area is 114 Å². The van der Waals surface area contributed by atoms with Crippen LogP contribution in [0.3, 0.4) is 0 Å². The highest BCUT2D eigenvalue weighted by Crippen LogP contribution is 2.46. The van der Waals surface area contributed by atoms with Gasteiger partial charge in [0.15, 0.2) is 0 Å². The summed E-state index contributed by atoms with van der Waals surface area (Å²) >= 11 is 0. The second-order valence-corrected chi connectivity index (χ2v) is 5.40. The zero-order chi connectivity index (χ0) is 13.9. The van der Waals surface area contributed by atoms with Crippen LogP contribution in [0.1, 0.15) is 25.3 Å². The lowest BCUT2D eigenvalue weighted by Gasteiger charge is -2.47. The number of rotatable bonds is 4. The van der Waals surface area contributed by atoms with Gasteiger partial charge >= 0.3 is 0 Å². The highest BCUT2D eigenvalue weighted by Gasteiger charge is 2.48. The molecule has 1 saturated heterocycles. The zero-order valence-electron chi connectivity index (χ0n) is 11.7. The molecule has 1 aliphatic heterocycles. The fraction of sp³-hybridized carbons (Fsp3) is 0.600. The molecule has 1 heterocycles. The Balaban J connectivity index is 2.38. The summed E-state index contributed by atoms with van der Waals surface area (Å²) in [5.74, 6) is 0.747.